The maximum absolute atomic E-state index is 4.35. The van der Waals surface area contributed by atoms with Crippen LogP contribution < -0.4 is 5.32 Å². The van der Waals surface area contributed by atoms with Gasteiger partial charge in [-0.1, -0.05) is 24.3 Å². The topological polar surface area (TPSA) is 28.2 Å². The van der Waals surface area contributed by atoms with E-state index < -0.39 is 0 Å². The maximum Gasteiger partial charge on any atom is 0.0795 e. The van der Waals surface area contributed by atoms with Crippen LogP contribution in [0.2, 0.25) is 0 Å². The van der Waals surface area contributed by atoms with Gasteiger partial charge in [0.2, 0.25) is 0 Å². The zero-order chi connectivity index (χ0) is 13.1. The van der Waals surface area contributed by atoms with E-state index >= 15 is 0 Å². The fourth-order valence-corrected chi connectivity index (χ4v) is 3.27. The van der Waals surface area contributed by atoms with Crippen molar-refractivity contribution in [3.8, 4) is 0 Å². The van der Waals surface area contributed by atoms with Gasteiger partial charge in [0, 0.05) is 24.5 Å². The number of thiazole rings is 1. The lowest BCUT2D eigenvalue weighted by Crippen LogP contribution is -2.37. The van der Waals surface area contributed by atoms with Crippen LogP contribution in [0.15, 0.2) is 35.2 Å². The van der Waals surface area contributed by atoms with E-state index in [0.29, 0.717) is 6.04 Å². The second-order valence-corrected chi connectivity index (χ2v) is 5.85. The molecule has 1 N–H and O–H groups in total. The summed E-state index contributed by atoms with van der Waals surface area (Å²) in [6.45, 7) is 3.02. The van der Waals surface area contributed by atoms with Gasteiger partial charge < -0.3 is 5.32 Å². The molecular formula is C15H19N3S. The molecule has 100 valence electrons. The van der Waals surface area contributed by atoms with Gasteiger partial charge in [0.25, 0.3) is 0 Å². The van der Waals surface area contributed by atoms with E-state index in [9.17, 15) is 0 Å². The molecule has 2 heterocycles. The molecule has 0 saturated heterocycles. The molecule has 1 unspecified atom stereocenters. The average molecular weight is 273 g/mol. The van der Waals surface area contributed by atoms with Crippen LogP contribution in [0.4, 0.5) is 0 Å². The Hall–Kier alpha value is -1.23. The van der Waals surface area contributed by atoms with Crippen LogP contribution >= 0.6 is 11.3 Å². The van der Waals surface area contributed by atoms with E-state index in [1.807, 2.05) is 5.51 Å². The molecule has 0 radical (unpaired) electrons. The third-order valence-corrected chi connectivity index (χ3v) is 4.26. The van der Waals surface area contributed by atoms with Crippen molar-refractivity contribution < 1.29 is 0 Å². The lowest BCUT2D eigenvalue weighted by Gasteiger charge is -2.30. The van der Waals surface area contributed by atoms with Crippen LogP contribution in [0.5, 0.6) is 0 Å². The molecule has 4 heteroatoms. The summed E-state index contributed by atoms with van der Waals surface area (Å²) in [7, 11) is 2.16. The normalized spacial score (nSPS) is 18.5. The monoisotopic (exact) mass is 273 g/mol. The van der Waals surface area contributed by atoms with Gasteiger partial charge in [-0.25, -0.2) is 4.98 Å². The van der Waals surface area contributed by atoms with Crippen LogP contribution in [0.3, 0.4) is 0 Å². The summed E-state index contributed by atoms with van der Waals surface area (Å²) in [4.78, 5) is 6.69. The Morgan fingerprint density at radius 2 is 2.32 bits per heavy atom. The first-order chi connectivity index (χ1) is 9.33. The zero-order valence-electron chi connectivity index (χ0n) is 11.2. The molecule has 0 aliphatic carbocycles. The van der Waals surface area contributed by atoms with Crippen LogP contribution in [0, 0.1) is 0 Å². The Bertz CT molecular complexity index is 524. The first-order valence-electron chi connectivity index (χ1n) is 6.70. The van der Waals surface area contributed by atoms with Crippen molar-refractivity contribution in [1.29, 1.82) is 0 Å². The van der Waals surface area contributed by atoms with Crippen LogP contribution in [0.25, 0.3) is 0 Å². The van der Waals surface area contributed by atoms with Gasteiger partial charge in [-0.05, 0) is 31.1 Å². The molecule has 0 spiro atoms. The highest BCUT2D eigenvalue weighted by Crippen LogP contribution is 2.23. The number of likely N-dealkylation sites (N-methyl/N-ethyl adjacent to an activating group) is 1. The van der Waals surface area contributed by atoms with E-state index in [1.165, 1.54) is 11.1 Å². The third kappa shape index (κ3) is 3.03. The standard InChI is InChI=1S/C15H19N3S/c1-18(8-13-10-19-11-17-13)9-15-14-5-3-2-4-12(14)6-7-16-15/h2-5,10-11,15-16H,6-9H2,1H3. The predicted molar refractivity (Wildman–Crippen MR) is 79.3 cm³/mol. The molecule has 1 aliphatic rings. The highest BCUT2D eigenvalue weighted by Gasteiger charge is 2.20. The van der Waals surface area contributed by atoms with Gasteiger partial charge in [-0.2, -0.15) is 0 Å². The second kappa shape index (κ2) is 5.82. The fourth-order valence-electron chi connectivity index (χ4n) is 2.72. The van der Waals surface area contributed by atoms with Crippen molar-refractivity contribution in [3.63, 3.8) is 0 Å². The third-order valence-electron chi connectivity index (χ3n) is 3.63. The number of aromatic nitrogens is 1. The van der Waals surface area contributed by atoms with Crippen LogP contribution in [-0.2, 0) is 13.0 Å². The SMILES string of the molecule is CN(Cc1cscn1)CC1NCCc2ccccc21. The molecule has 1 aromatic heterocycles. The highest BCUT2D eigenvalue weighted by atomic mass is 32.1. The van der Waals surface area contributed by atoms with Crippen molar-refractivity contribution in [2.24, 2.45) is 0 Å². The Balaban J connectivity index is 1.67. The predicted octanol–water partition coefficient (Wildman–Crippen LogP) is 2.46. The fraction of sp³-hybridized carbons (Fsp3) is 0.400. The largest absolute Gasteiger partial charge is 0.309 e. The Morgan fingerprint density at radius 3 is 3.16 bits per heavy atom. The zero-order valence-corrected chi connectivity index (χ0v) is 12.0. The molecule has 1 aromatic carbocycles. The molecule has 0 fully saturated rings. The van der Waals surface area contributed by atoms with Gasteiger partial charge >= 0.3 is 0 Å². The maximum atomic E-state index is 4.35. The first kappa shape index (κ1) is 12.8. The van der Waals surface area contributed by atoms with Crippen LogP contribution in [-0.4, -0.2) is 30.0 Å². The Kier molecular flexibility index (Phi) is 3.92. The molecule has 2 aromatic rings. The van der Waals surface area contributed by atoms with E-state index in [-0.39, 0.29) is 0 Å². The van der Waals surface area contributed by atoms with E-state index in [4.69, 9.17) is 0 Å². The minimum absolute atomic E-state index is 0.439. The summed E-state index contributed by atoms with van der Waals surface area (Å²) >= 11 is 1.66. The Morgan fingerprint density at radius 1 is 1.42 bits per heavy atom. The molecule has 3 nitrogen and oxygen atoms in total. The molecule has 0 bridgehead atoms. The molecule has 19 heavy (non-hydrogen) atoms. The molecular weight excluding hydrogens is 254 g/mol. The number of rotatable bonds is 4. The summed E-state index contributed by atoms with van der Waals surface area (Å²) in [5, 5.41) is 5.75. The molecule has 3 rings (SSSR count). The van der Waals surface area contributed by atoms with Crippen molar-refractivity contribution in [1.82, 2.24) is 15.2 Å². The quantitative estimate of drug-likeness (QED) is 0.927. The molecule has 0 saturated carbocycles. The smallest absolute Gasteiger partial charge is 0.0795 e. The van der Waals surface area contributed by atoms with E-state index in [1.54, 1.807) is 11.3 Å². The molecule has 1 atom stereocenters. The van der Waals surface area contributed by atoms with Crippen molar-refractivity contribution >= 4 is 11.3 Å². The lowest BCUT2D eigenvalue weighted by molar-refractivity contribution is 0.276. The van der Waals surface area contributed by atoms with E-state index in [2.05, 4.69) is 51.9 Å². The minimum atomic E-state index is 0.439. The number of nitrogens with one attached hydrogen (secondary N) is 1. The average Bonchev–Trinajstić information content (AvgIpc) is 2.92. The number of benzene rings is 1. The second-order valence-electron chi connectivity index (χ2n) is 5.13. The van der Waals surface area contributed by atoms with Gasteiger partial charge in [-0.15, -0.1) is 11.3 Å². The summed E-state index contributed by atoms with van der Waals surface area (Å²) in [6.07, 6.45) is 1.14. The van der Waals surface area contributed by atoms with Crippen molar-refractivity contribution in [3.05, 3.63) is 52.0 Å². The first-order valence-corrected chi connectivity index (χ1v) is 7.64. The van der Waals surface area contributed by atoms with Gasteiger partial charge in [0.15, 0.2) is 0 Å². The summed E-state index contributed by atoms with van der Waals surface area (Å²) in [5.41, 5.74) is 6.01. The van der Waals surface area contributed by atoms with E-state index in [0.717, 1.165) is 31.7 Å². The Labute approximate surface area is 118 Å². The molecule has 1 aliphatic heterocycles. The minimum Gasteiger partial charge on any atom is -0.309 e. The number of hydrogen-bond donors (Lipinski definition) is 1. The highest BCUT2D eigenvalue weighted by molar-refractivity contribution is 7.07. The van der Waals surface area contributed by atoms with Gasteiger partial charge in [0.05, 0.1) is 11.2 Å². The van der Waals surface area contributed by atoms with Gasteiger partial charge in [-0.3, -0.25) is 4.90 Å². The van der Waals surface area contributed by atoms with Gasteiger partial charge in [0.1, 0.15) is 0 Å². The summed E-state index contributed by atoms with van der Waals surface area (Å²) < 4.78 is 0. The number of hydrogen-bond acceptors (Lipinski definition) is 4. The van der Waals surface area contributed by atoms with Crippen LogP contribution in [0.1, 0.15) is 22.9 Å². The number of fused-ring (bicyclic) bond motifs is 1. The number of nitrogens with zero attached hydrogens (tertiary/aromatic N) is 2. The lowest BCUT2D eigenvalue weighted by atomic mass is 9.94. The van der Waals surface area contributed by atoms with Crippen molar-refractivity contribution in [2.45, 2.75) is 19.0 Å². The van der Waals surface area contributed by atoms with Crippen molar-refractivity contribution in [2.75, 3.05) is 20.1 Å². The molecule has 0 amide bonds. The summed E-state index contributed by atoms with van der Waals surface area (Å²) in [5.74, 6) is 0. The summed E-state index contributed by atoms with van der Waals surface area (Å²) in [6, 6.07) is 9.22.